The van der Waals surface area contributed by atoms with Crippen LogP contribution in [0, 0.1) is 0 Å². The minimum absolute atomic E-state index is 0.483. The van der Waals surface area contributed by atoms with Crippen LogP contribution in [0.5, 0.6) is 5.75 Å². The lowest BCUT2D eigenvalue weighted by Crippen LogP contribution is -2.40. The van der Waals surface area contributed by atoms with Gasteiger partial charge in [-0.3, -0.25) is 4.90 Å². The molecular weight excluding hydrogens is 292 g/mol. The van der Waals surface area contributed by atoms with Crippen molar-refractivity contribution in [3.05, 3.63) is 29.3 Å². The minimum Gasteiger partial charge on any atom is -0.497 e. The van der Waals surface area contributed by atoms with Crippen molar-refractivity contribution in [1.29, 1.82) is 0 Å². The second-order valence-corrected chi connectivity index (χ2v) is 6.98. The van der Waals surface area contributed by atoms with Crippen molar-refractivity contribution in [2.45, 2.75) is 52.1 Å². The van der Waals surface area contributed by atoms with Gasteiger partial charge < -0.3 is 10.1 Å². The van der Waals surface area contributed by atoms with E-state index in [1.165, 1.54) is 5.56 Å². The maximum Gasteiger partial charge on any atom is 0.119 e. The number of thiocarbonyl (C=S) groups is 1. The largest absolute Gasteiger partial charge is 0.497 e. The van der Waals surface area contributed by atoms with E-state index < -0.39 is 0 Å². The molecule has 0 aromatic heterocycles. The van der Waals surface area contributed by atoms with Crippen LogP contribution in [0.3, 0.4) is 0 Å². The van der Waals surface area contributed by atoms with Gasteiger partial charge in [-0.25, -0.2) is 0 Å². The molecule has 1 N–H and O–H groups in total. The third-order valence-electron chi connectivity index (χ3n) is 4.51. The van der Waals surface area contributed by atoms with Crippen molar-refractivity contribution in [3.63, 3.8) is 0 Å². The molecule has 1 aromatic rings. The van der Waals surface area contributed by atoms with Gasteiger partial charge in [0.2, 0.25) is 0 Å². The van der Waals surface area contributed by atoms with Crippen LogP contribution in [0.25, 0.3) is 0 Å². The first-order chi connectivity index (χ1) is 10.4. The summed E-state index contributed by atoms with van der Waals surface area (Å²) in [6.45, 7) is 11.1. The highest BCUT2D eigenvalue weighted by molar-refractivity contribution is 7.80. The lowest BCUT2D eigenvalue weighted by atomic mass is 9.88. The Morgan fingerprint density at radius 3 is 2.55 bits per heavy atom. The molecule has 0 amide bonds. The van der Waals surface area contributed by atoms with E-state index in [1.54, 1.807) is 7.11 Å². The van der Waals surface area contributed by atoms with Crippen LogP contribution >= 0.6 is 12.2 Å². The number of nitrogens with zero attached hydrogens (tertiary/aromatic N) is 1. The quantitative estimate of drug-likeness (QED) is 0.810. The average molecular weight is 321 g/mol. The zero-order chi connectivity index (χ0) is 16.3. The molecule has 1 unspecified atom stereocenters. The summed E-state index contributed by atoms with van der Waals surface area (Å²) in [7, 11) is 1.72. The summed E-state index contributed by atoms with van der Waals surface area (Å²) in [6.07, 6.45) is 1.13. The van der Waals surface area contributed by atoms with Gasteiger partial charge in [0.1, 0.15) is 10.7 Å². The number of fused-ring (bicyclic) bond motifs is 1. The number of benzene rings is 1. The predicted molar refractivity (Wildman–Crippen MR) is 97.0 cm³/mol. The fourth-order valence-corrected chi connectivity index (χ4v) is 3.58. The Hall–Kier alpha value is -1.13. The zero-order valence-corrected chi connectivity index (χ0v) is 15.2. The third-order valence-corrected chi connectivity index (χ3v) is 4.88. The maximum absolute atomic E-state index is 5.45. The molecule has 0 spiro atoms. The number of hydrogen-bond acceptors (Lipinski definition) is 3. The summed E-state index contributed by atoms with van der Waals surface area (Å²) in [4.78, 5) is 3.41. The summed E-state index contributed by atoms with van der Waals surface area (Å²) >= 11 is 5.45. The molecule has 1 heterocycles. The monoisotopic (exact) mass is 320 g/mol. The molecule has 1 aromatic carbocycles. The highest BCUT2D eigenvalue weighted by Crippen LogP contribution is 2.31. The van der Waals surface area contributed by atoms with Gasteiger partial charge in [-0.05, 0) is 64.4 Å². The van der Waals surface area contributed by atoms with E-state index in [9.17, 15) is 0 Å². The van der Waals surface area contributed by atoms with Crippen LogP contribution in [0.15, 0.2) is 18.2 Å². The molecule has 4 heteroatoms. The summed E-state index contributed by atoms with van der Waals surface area (Å²) in [6, 6.07) is 7.37. The molecule has 122 valence electrons. The first-order valence-corrected chi connectivity index (χ1v) is 8.56. The fraction of sp³-hybridized carbons (Fsp3) is 0.611. The van der Waals surface area contributed by atoms with Gasteiger partial charge in [-0.1, -0.05) is 12.2 Å². The molecule has 0 bridgehead atoms. The van der Waals surface area contributed by atoms with Crippen LogP contribution in [0.1, 0.15) is 51.2 Å². The van der Waals surface area contributed by atoms with Gasteiger partial charge in [0.15, 0.2) is 0 Å². The standard InChI is InChI=1S/C18H28N2OS/c1-12(2)20(13(3)4)9-8-14-11-19-18(22)16-7-6-15(21-5)10-17(14)16/h6-7,10,12-14H,8-9,11H2,1-5H3,(H,19,22). The van der Waals surface area contributed by atoms with Crippen molar-refractivity contribution >= 4 is 17.2 Å². The van der Waals surface area contributed by atoms with Gasteiger partial charge in [0, 0.05) is 30.1 Å². The molecule has 0 saturated carbocycles. The second kappa shape index (κ2) is 7.42. The number of nitrogens with one attached hydrogen (secondary N) is 1. The Kier molecular flexibility index (Phi) is 5.81. The van der Waals surface area contributed by atoms with E-state index >= 15 is 0 Å². The Balaban J connectivity index is 2.16. The maximum atomic E-state index is 5.45. The van der Waals surface area contributed by atoms with E-state index in [0.717, 1.165) is 35.8 Å². The van der Waals surface area contributed by atoms with Gasteiger partial charge in [-0.2, -0.15) is 0 Å². The second-order valence-electron chi connectivity index (χ2n) is 6.57. The van der Waals surface area contributed by atoms with Gasteiger partial charge in [-0.15, -0.1) is 0 Å². The van der Waals surface area contributed by atoms with Crippen molar-refractivity contribution in [2.75, 3.05) is 20.2 Å². The van der Waals surface area contributed by atoms with Crippen molar-refractivity contribution in [1.82, 2.24) is 10.2 Å². The van der Waals surface area contributed by atoms with E-state index in [0.29, 0.717) is 18.0 Å². The first-order valence-electron chi connectivity index (χ1n) is 8.16. The molecule has 0 radical (unpaired) electrons. The number of ether oxygens (including phenoxy) is 1. The average Bonchev–Trinajstić information content (AvgIpc) is 2.48. The van der Waals surface area contributed by atoms with E-state index in [1.807, 2.05) is 6.07 Å². The first kappa shape index (κ1) is 17.2. The lowest BCUT2D eigenvalue weighted by Gasteiger charge is -2.34. The third kappa shape index (κ3) is 3.79. The van der Waals surface area contributed by atoms with E-state index in [2.05, 4.69) is 50.0 Å². The molecule has 1 atom stereocenters. The molecule has 1 aliphatic heterocycles. The summed E-state index contributed by atoms with van der Waals surface area (Å²) < 4.78 is 5.39. The predicted octanol–water partition coefficient (Wildman–Crippen LogP) is 3.57. The Labute approximate surface area is 140 Å². The Bertz CT molecular complexity index is 520. The van der Waals surface area contributed by atoms with Crippen molar-refractivity contribution in [2.24, 2.45) is 0 Å². The van der Waals surface area contributed by atoms with Gasteiger partial charge >= 0.3 is 0 Å². The minimum atomic E-state index is 0.483. The van der Waals surface area contributed by atoms with Gasteiger partial charge in [0.05, 0.1) is 7.11 Å². The fourth-order valence-electron chi connectivity index (χ4n) is 3.31. The van der Waals surface area contributed by atoms with Gasteiger partial charge in [0.25, 0.3) is 0 Å². The summed E-state index contributed by atoms with van der Waals surface area (Å²) in [5.41, 5.74) is 2.49. The molecular formula is C18H28N2OS. The molecule has 0 saturated heterocycles. The van der Waals surface area contributed by atoms with E-state index in [4.69, 9.17) is 17.0 Å². The molecule has 22 heavy (non-hydrogen) atoms. The number of rotatable bonds is 6. The number of hydrogen-bond donors (Lipinski definition) is 1. The van der Waals surface area contributed by atoms with Crippen LogP contribution in [0.4, 0.5) is 0 Å². The number of methoxy groups -OCH3 is 1. The van der Waals surface area contributed by atoms with Crippen LogP contribution in [-0.2, 0) is 0 Å². The Morgan fingerprint density at radius 1 is 1.27 bits per heavy atom. The van der Waals surface area contributed by atoms with Crippen molar-refractivity contribution in [3.8, 4) is 5.75 Å². The summed E-state index contributed by atoms with van der Waals surface area (Å²) in [5, 5.41) is 3.38. The lowest BCUT2D eigenvalue weighted by molar-refractivity contribution is 0.168. The SMILES string of the molecule is COc1ccc2c(c1)C(CCN(C(C)C)C(C)C)CNC2=S. The molecule has 0 fully saturated rings. The highest BCUT2D eigenvalue weighted by Gasteiger charge is 2.25. The molecule has 2 rings (SSSR count). The summed E-state index contributed by atoms with van der Waals surface area (Å²) in [5.74, 6) is 1.40. The van der Waals surface area contributed by atoms with Crippen LogP contribution in [0.2, 0.25) is 0 Å². The highest BCUT2D eigenvalue weighted by atomic mass is 32.1. The molecule has 0 aliphatic carbocycles. The smallest absolute Gasteiger partial charge is 0.119 e. The normalized spacial score (nSPS) is 17.8. The topological polar surface area (TPSA) is 24.5 Å². The van der Waals surface area contributed by atoms with Crippen LogP contribution in [-0.4, -0.2) is 42.2 Å². The molecule has 1 aliphatic rings. The van der Waals surface area contributed by atoms with Crippen molar-refractivity contribution < 1.29 is 4.74 Å². The van der Waals surface area contributed by atoms with E-state index in [-0.39, 0.29) is 0 Å². The van der Waals surface area contributed by atoms with Crippen LogP contribution < -0.4 is 10.1 Å². The Morgan fingerprint density at radius 2 is 1.95 bits per heavy atom. The zero-order valence-electron chi connectivity index (χ0n) is 14.3. The molecule has 3 nitrogen and oxygen atoms in total.